The van der Waals surface area contributed by atoms with Gasteiger partial charge >= 0.3 is 5.97 Å². The minimum atomic E-state index is -0.264. The highest BCUT2D eigenvalue weighted by Crippen LogP contribution is 1.90. The highest BCUT2D eigenvalue weighted by molar-refractivity contribution is 5.66. The van der Waals surface area contributed by atoms with Crippen molar-refractivity contribution < 1.29 is 24.1 Å². The van der Waals surface area contributed by atoms with Crippen molar-refractivity contribution in [1.29, 1.82) is 0 Å². The first-order valence-corrected chi connectivity index (χ1v) is 4.34. The van der Waals surface area contributed by atoms with E-state index in [0.717, 1.165) is 0 Å². The Balaban J connectivity index is 0. The Labute approximate surface area is 85.0 Å². The summed E-state index contributed by atoms with van der Waals surface area (Å²) in [6.07, 6.45) is -0.132. The molecule has 0 aromatic carbocycles. The fourth-order valence-electron chi connectivity index (χ4n) is 0.643. The highest BCUT2D eigenvalue weighted by Gasteiger charge is 2.02. The molecular weight excluding hydrogens is 188 g/mol. The normalized spacial score (nSPS) is 11.2. The molecule has 0 bridgehead atoms. The third-order valence-electron chi connectivity index (χ3n) is 1.06. The number of hydrogen-bond acceptors (Lipinski definition) is 5. The minimum absolute atomic E-state index is 0.122. The van der Waals surface area contributed by atoms with E-state index in [-0.39, 0.29) is 18.7 Å². The van der Waals surface area contributed by atoms with E-state index in [1.54, 1.807) is 21.1 Å². The van der Waals surface area contributed by atoms with Crippen LogP contribution in [0.25, 0.3) is 0 Å². The number of methoxy groups -OCH3 is 2. The lowest BCUT2D eigenvalue weighted by molar-refractivity contribution is -0.147. The monoisotopic (exact) mass is 208 g/mol. The van der Waals surface area contributed by atoms with E-state index in [4.69, 9.17) is 14.6 Å². The van der Waals surface area contributed by atoms with Crippen LogP contribution in [0.3, 0.4) is 0 Å². The van der Waals surface area contributed by atoms with Crippen LogP contribution in [0.2, 0.25) is 0 Å². The van der Waals surface area contributed by atoms with Crippen LogP contribution >= 0.6 is 0 Å². The molecule has 0 aliphatic carbocycles. The fourth-order valence-corrected chi connectivity index (χ4v) is 0.643. The van der Waals surface area contributed by atoms with Crippen LogP contribution in [0.15, 0.2) is 0 Å². The summed E-state index contributed by atoms with van der Waals surface area (Å²) in [4.78, 5) is 10.3. The van der Waals surface area contributed by atoms with Gasteiger partial charge in [-0.1, -0.05) is 0 Å². The van der Waals surface area contributed by atoms with Crippen molar-refractivity contribution in [3.05, 3.63) is 0 Å². The van der Waals surface area contributed by atoms with E-state index in [0.29, 0.717) is 13.2 Å². The van der Waals surface area contributed by atoms with Gasteiger partial charge in [-0.15, -0.1) is 0 Å². The minimum Gasteiger partial charge on any atom is -0.460 e. The molecule has 0 saturated carbocycles. The standard InChI is InChI=1S/C6H12O3.C3H8O2/c1-5(4-8-3)9-6(2)7;1-5-3-2-4/h5H,4H2,1-3H3;4H,2-3H2,1H3. The van der Waals surface area contributed by atoms with Crippen LogP contribution in [-0.4, -0.2) is 51.2 Å². The summed E-state index contributed by atoms with van der Waals surface area (Å²) < 4.78 is 13.9. The van der Waals surface area contributed by atoms with Gasteiger partial charge in [0, 0.05) is 21.1 Å². The van der Waals surface area contributed by atoms with Gasteiger partial charge in [-0.3, -0.25) is 4.79 Å². The van der Waals surface area contributed by atoms with Gasteiger partial charge in [-0.25, -0.2) is 0 Å². The summed E-state index contributed by atoms with van der Waals surface area (Å²) in [7, 11) is 3.12. The lowest BCUT2D eigenvalue weighted by Gasteiger charge is -2.08. The molecule has 86 valence electrons. The highest BCUT2D eigenvalue weighted by atomic mass is 16.6. The first kappa shape index (κ1) is 15.8. The average Bonchev–Trinajstić information content (AvgIpc) is 2.05. The van der Waals surface area contributed by atoms with Crippen LogP contribution in [0.4, 0.5) is 0 Å². The van der Waals surface area contributed by atoms with Crippen molar-refractivity contribution in [3.63, 3.8) is 0 Å². The van der Waals surface area contributed by atoms with Gasteiger partial charge in [-0.2, -0.15) is 0 Å². The number of aliphatic hydroxyl groups excluding tert-OH is 1. The van der Waals surface area contributed by atoms with Gasteiger partial charge in [0.15, 0.2) is 0 Å². The molecular formula is C9H20O5. The molecule has 0 aliphatic heterocycles. The summed E-state index contributed by atoms with van der Waals surface area (Å²) in [6, 6.07) is 0. The smallest absolute Gasteiger partial charge is 0.302 e. The third kappa shape index (κ3) is 17.4. The molecule has 0 aliphatic rings. The fraction of sp³-hybridized carbons (Fsp3) is 0.889. The molecule has 14 heavy (non-hydrogen) atoms. The molecule has 0 amide bonds. The van der Waals surface area contributed by atoms with Crippen LogP contribution in [-0.2, 0) is 19.0 Å². The number of aliphatic hydroxyl groups is 1. The van der Waals surface area contributed by atoms with E-state index < -0.39 is 0 Å². The van der Waals surface area contributed by atoms with E-state index in [1.807, 2.05) is 0 Å². The molecule has 0 aromatic heterocycles. The molecule has 0 saturated heterocycles. The second-order valence-electron chi connectivity index (χ2n) is 2.59. The van der Waals surface area contributed by atoms with E-state index >= 15 is 0 Å². The SMILES string of the molecule is COCC(C)OC(C)=O.COCCO. The summed E-state index contributed by atoms with van der Waals surface area (Å²) in [6.45, 7) is 4.19. The summed E-state index contributed by atoms with van der Waals surface area (Å²) >= 11 is 0. The Morgan fingerprint density at radius 2 is 1.93 bits per heavy atom. The zero-order valence-electron chi connectivity index (χ0n) is 9.28. The van der Waals surface area contributed by atoms with E-state index in [1.165, 1.54) is 6.92 Å². The second kappa shape index (κ2) is 12.3. The van der Waals surface area contributed by atoms with Gasteiger partial charge < -0.3 is 19.3 Å². The average molecular weight is 208 g/mol. The number of carbonyl (C=O) groups is 1. The number of rotatable bonds is 5. The Morgan fingerprint density at radius 3 is 2.14 bits per heavy atom. The topological polar surface area (TPSA) is 65.0 Å². The van der Waals surface area contributed by atoms with Crippen molar-refractivity contribution in [3.8, 4) is 0 Å². The first-order chi connectivity index (χ1) is 6.58. The maximum absolute atomic E-state index is 10.3. The van der Waals surface area contributed by atoms with Crippen molar-refractivity contribution in [2.45, 2.75) is 20.0 Å². The third-order valence-corrected chi connectivity index (χ3v) is 1.06. The van der Waals surface area contributed by atoms with Crippen LogP contribution < -0.4 is 0 Å². The predicted octanol–water partition coefficient (Wildman–Crippen LogP) is 0.210. The van der Waals surface area contributed by atoms with Crippen LogP contribution in [0.1, 0.15) is 13.8 Å². The molecule has 0 aromatic rings. The molecule has 0 fully saturated rings. The lowest BCUT2D eigenvalue weighted by atomic mass is 10.4. The quantitative estimate of drug-likeness (QED) is 0.654. The van der Waals surface area contributed by atoms with Gasteiger partial charge in [0.1, 0.15) is 6.10 Å². The number of hydrogen-bond donors (Lipinski definition) is 1. The molecule has 0 radical (unpaired) electrons. The molecule has 1 atom stereocenters. The summed E-state index contributed by atoms with van der Waals surface area (Å²) in [5.74, 6) is -0.264. The van der Waals surface area contributed by atoms with Gasteiger partial charge in [-0.05, 0) is 6.92 Å². The summed E-state index contributed by atoms with van der Waals surface area (Å²) in [5.41, 5.74) is 0. The van der Waals surface area contributed by atoms with Gasteiger partial charge in [0.05, 0.1) is 19.8 Å². The number of ether oxygens (including phenoxy) is 3. The van der Waals surface area contributed by atoms with Crippen molar-refractivity contribution in [2.24, 2.45) is 0 Å². The van der Waals surface area contributed by atoms with Crippen molar-refractivity contribution in [2.75, 3.05) is 34.0 Å². The van der Waals surface area contributed by atoms with Crippen molar-refractivity contribution >= 4 is 5.97 Å². The molecule has 0 spiro atoms. The maximum Gasteiger partial charge on any atom is 0.302 e. The molecule has 0 heterocycles. The molecule has 1 N–H and O–H groups in total. The predicted molar refractivity (Wildman–Crippen MR) is 52.1 cm³/mol. The van der Waals surface area contributed by atoms with Crippen LogP contribution in [0, 0.1) is 0 Å². The van der Waals surface area contributed by atoms with Crippen molar-refractivity contribution in [1.82, 2.24) is 0 Å². The van der Waals surface area contributed by atoms with E-state index in [9.17, 15) is 4.79 Å². The summed E-state index contributed by atoms with van der Waals surface area (Å²) in [5, 5.41) is 7.94. The zero-order chi connectivity index (χ0) is 11.4. The Morgan fingerprint density at radius 1 is 1.36 bits per heavy atom. The van der Waals surface area contributed by atoms with Crippen LogP contribution in [0.5, 0.6) is 0 Å². The zero-order valence-corrected chi connectivity index (χ0v) is 9.28. The molecule has 0 rings (SSSR count). The molecule has 1 unspecified atom stereocenters. The van der Waals surface area contributed by atoms with E-state index in [2.05, 4.69) is 4.74 Å². The lowest BCUT2D eigenvalue weighted by Crippen LogP contribution is -2.17. The largest absolute Gasteiger partial charge is 0.460 e. The number of esters is 1. The molecule has 5 nitrogen and oxygen atoms in total. The maximum atomic E-state index is 10.3. The van der Waals surface area contributed by atoms with Gasteiger partial charge in [0.2, 0.25) is 0 Å². The molecule has 5 heteroatoms. The number of carbonyl (C=O) groups excluding carboxylic acids is 1. The first-order valence-electron chi connectivity index (χ1n) is 4.34. The van der Waals surface area contributed by atoms with Gasteiger partial charge in [0.25, 0.3) is 0 Å². The second-order valence-corrected chi connectivity index (χ2v) is 2.59. The Bertz CT molecular complexity index is 124. The Hall–Kier alpha value is -0.650. The Kier molecular flexibility index (Phi) is 13.9.